The third kappa shape index (κ3) is 4.26. The van der Waals surface area contributed by atoms with Gasteiger partial charge >= 0.3 is 5.97 Å². The molecule has 1 aromatic carbocycles. The van der Waals surface area contributed by atoms with E-state index in [0.29, 0.717) is 19.0 Å². The average molecular weight is 335 g/mol. The van der Waals surface area contributed by atoms with Gasteiger partial charge in [-0.15, -0.1) is 0 Å². The molecule has 1 N–H and O–H groups in total. The Labute approximate surface area is 142 Å². The van der Waals surface area contributed by atoms with Crippen molar-refractivity contribution < 1.29 is 24.2 Å². The monoisotopic (exact) mass is 335 g/mol. The summed E-state index contributed by atoms with van der Waals surface area (Å²) in [6, 6.07) is 6.89. The Morgan fingerprint density at radius 3 is 2.42 bits per heavy atom. The lowest BCUT2D eigenvalue weighted by Crippen LogP contribution is -2.47. The highest BCUT2D eigenvalue weighted by Gasteiger charge is 2.45. The molecule has 0 saturated heterocycles. The summed E-state index contributed by atoms with van der Waals surface area (Å²) in [5, 5.41) is 8.61. The number of carboxylic acids is 1. The fourth-order valence-corrected chi connectivity index (χ4v) is 2.97. The summed E-state index contributed by atoms with van der Waals surface area (Å²) in [5.41, 5.74) is 0.466. The second-order valence-corrected chi connectivity index (χ2v) is 6.12. The minimum absolute atomic E-state index is 0.118. The fraction of sp³-hybridized carbons (Fsp3) is 0.556. The van der Waals surface area contributed by atoms with Crippen molar-refractivity contribution in [2.24, 2.45) is 5.41 Å². The molecule has 0 atom stereocenters. The van der Waals surface area contributed by atoms with Crippen LogP contribution in [0.25, 0.3) is 0 Å². The third-order valence-corrected chi connectivity index (χ3v) is 4.58. The van der Waals surface area contributed by atoms with Gasteiger partial charge in [-0.05, 0) is 50.5 Å². The first-order chi connectivity index (χ1) is 11.5. The molecule has 0 aliphatic heterocycles. The van der Waals surface area contributed by atoms with Gasteiger partial charge in [0.1, 0.15) is 5.75 Å². The van der Waals surface area contributed by atoms with Crippen molar-refractivity contribution in [2.75, 3.05) is 31.8 Å². The Kier molecular flexibility index (Phi) is 6.20. The summed E-state index contributed by atoms with van der Waals surface area (Å²) < 4.78 is 10.5. The van der Waals surface area contributed by atoms with Crippen LogP contribution < -0.4 is 9.64 Å². The van der Waals surface area contributed by atoms with Crippen LogP contribution >= 0.6 is 0 Å². The molecule has 1 aliphatic rings. The maximum Gasteiger partial charge on any atom is 0.341 e. The van der Waals surface area contributed by atoms with Crippen LogP contribution in [0.1, 0.15) is 32.6 Å². The molecule has 1 fully saturated rings. The lowest BCUT2D eigenvalue weighted by molar-refractivity contribution is -0.139. The van der Waals surface area contributed by atoms with E-state index >= 15 is 0 Å². The molecule has 1 aromatic rings. The van der Waals surface area contributed by atoms with Crippen molar-refractivity contribution in [1.82, 2.24) is 0 Å². The molecule has 132 valence electrons. The van der Waals surface area contributed by atoms with Crippen molar-refractivity contribution in [3.63, 3.8) is 0 Å². The predicted octanol–water partition coefficient (Wildman–Crippen LogP) is 2.71. The molecule has 0 bridgehead atoms. The van der Waals surface area contributed by atoms with Gasteiger partial charge in [0.05, 0.1) is 5.41 Å². The molecular formula is C18H25NO5. The van der Waals surface area contributed by atoms with Gasteiger partial charge in [-0.25, -0.2) is 4.79 Å². The average Bonchev–Trinajstić information content (AvgIpc) is 2.54. The smallest absolute Gasteiger partial charge is 0.341 e. The molecule has 0 heterocycles. The van der Waals surface area contributed by atoms with Gasteiger partial charge in [0.25, 0.3) is 0 Å². The van der Waals surface area contributed by atoms with Crippen LogP contribution in [0.2, 0.25) is 0 Å². The van der Waals surface area contributed by atoms with Crippen LogP contribution in [0.15, 0.2) is 24.3 Å². The largest absolute Gasteiger partial charge is 0.482 e. The van der Waals surface area contributed by atoms with Crippen molar-refractivity contribution in [3.05, 3.63) is 24.3 Å². The first-order valence-corrected chi connectivity index (χ1v) is 8.29. The zero-order chi connectivity index (χ0) is 17.6. The van der Waals surface area contributed by atoms with E-state index in [0.717, 1.165) is 31.4 Å². The molecule has 2 rings (SSSR count). The number of anilines is 1. The van der Waals surface area contributed by atoms with Crippen LogP contribution in [0.4, 0.5) is 5.69 Å². The molecule has 6 nitrogen and oxygen atoms in total. The fourth-order valence-electron chi connectivity index (χ4n) is 2.97. The van der Waals surface area contributed by atoms with Crippen LogP contribution in [-0.4, -0.2) is 43.9 Å². The lowest BCUT2D eigenvalue weighted by Gasteiger charge is -2.42. The first kappa shape index (κ1) is 18.3. The molecular weight excluding hydrogens is 310 g/mol. The second kappa shape index (κ2) is 8.15. The molecule has 0 radical (unpaired) electrons. The first-order valence-electron chi connectivity index (χ1n) is 8.29. The molecule has 24 heavy (non-hydrogen) atoms. The topological polar surface area (TPSA) is 76.1 Å². The summed E-state index contributed by atoms with van der Waals surface area (Å²) >= 11 is 0. The summed E-state index contributed by atoms with van der Waals surface area (Å²) in [5.74, 6) is -0.433. The van der Waals surface area contributed by atoms with Crippen LogP contribution in [-0.2, 0) is 14.3 Å². The standard InChI is InChI=1S/C18H25NO5/c1-3-23-12-11-18(9-4-10-18)17(22)19(2)14-5-7-15(8-6-14)24-13-16(20)21/h5-8H,3-4,9-13H2,1-2H3,(H,20,21). The van der Waals surface area contributed by atoms with Gasteiger partial charge in [0.15, 0.2) is 6.61 Å². The number of benzene rings is 1. The van der Waals surface area contributed by atoms with Crippen molar-refractivity contribution >= 4 is 17.6 Å². The van der Waals surface area contributed by atoms with E-state index in [-0.39, 0.29) is 17.9 Å². The zero-order valence-corrected chi connectivity index (χ0v) is 14.3. The molecule has 1 amide bonds. The summed E-state index contributed by atoms with van der Waals surface area (Å²) in [6.07, 6.45) is 3.64. The third-order valence-electron chi connectivity index (χ3n) is 4.58. The zero-order valence-electron chi connectivity index (χ0n) is 14.3. The lowest BCUT2D eigenvalue weighted by atomic mass is 9.66. The highest BCUT2D eigenvalue weighted by atomic mass is 16.5. The quantitative estimate of drug-likeness (QED) is 0.702. The van der Waals surface area contributed by atoms with E-state index in [9.17, 15) is 9.59 Å². The molecule has 0 spiro atoms. The van der Waals surface area contributed by atoms with E-state index < -0.39 is 5.97 Å². The summed E-state index contributed by atoms with van der Waals surface area (Å²) in [4.78, 5) is 25.1. The van der Waals surface area contributed by atoms with Crippen LogP contribution in [0, 0.1) is 5.41 Å². The normalized spacial score (nSPS) is 15.4. The molecule has 1 aliphatic carbocycles. The van der Waals surface area contributed by atoms with E-state index in [1.54, 1.807) is 36.2 Å². The highest BCUT2D eigenvalue weighted by molar-refractivity contribution is 5.97. The molecule has 0 unspecified atom stereocenters. The molecule has 1 saturated carbocycles. The highest BCUT2D eigenvalue weighted by Crippen LogP contribution is 2.46. The van der Waals surface area contributed by atoms with Gasteiger partial charge in [0.2, 0.25) is 5.91 Å². The Balaban J connectivity index is 2.00. The number of carbonyl (C=O) groups excluding carboxylic acids is 1. The van der Waals surface area contributed by atoms with E-state index in [1.807, 2.05) is 6.92 Å². The van der Waals surface area contributed by atoms with Crippen molar-refractivity contribution in [1.29, 1.82) is 0 Å². The predicted molar refractivity (Wildman–Crippen MR) is 90.4 cm³/mol. The van der Waals surface area contributed by atoms with Crippen molar-refractivity contribution in [3.8, 4) is 5.75 Å². The SMILES string of the molecule is CCOCCC1(C(=O)N(C)c2ccc(OCC(=O)O)cc2)CCC1. The number of hydrogen-bond acceptors (Lipinski definition) is 4. The number of ether oxygens (including phenoxy) is 2. The van der Waals surface area contributed by atoms with Gasteiger partial charge in [0, 0.05) is 25.9 Å². The minimum Gasteiger partial charge on any atom is -0.482 e. The van der Waals surface area contributed by atoms with Crippen LogP contribution in [0.3, 0.4) is 0 Å². The van der Waals surface area contributed by atoms with Gasteiger partial charge in [-0.3, -0.25) is 4.79 Å². The number of rotatable bonds is 9. The molecule has 6 heteroatoms. The van der Waals surface area contributed by atoms with Crippen LogP contribution in [0.5, 0.6) is 5.75 Å². The number of aliphatic carboxylic acids is 1. The minimum atomic E-state index is -1.02. The van der Waals surface area contributed by atoms with Crippen molar-refractivity contribution in [2.45, 2.75) is 32.6 Å². The van der Waals surface area contributed by atoms with E-state index in [2.05, 4.69) is 0 Å². The Morgan fingerprint density at radius 1 is 1.25 bits per heavy atom. The van der Waals surface area contributed by atoms with Gasteiger partial charge in [-0.1, -0.05) is 6.42 Å². The maximum atomic E-state index is 12.9. The summed E-state index contributed by atoms with van der Waals surface area (Å²) in [7, 11) is 1.77. The summed E-state index contributed by atoms with van der Waals surface area (Å²) in [6.45, 7) is 2.85. The maximum absolute atomic E-state index is 12.9. The van der Waals surface area contributed by atoms with E-state index in [4.69, 9.17) is 14.6 Å². The Hall–Kier alpha value is -2.08. The number of hydrogen-bond donors (Lipinski definition) is 1. The Morgan fingerprint density at radius 2 is 1.92 bits per heavy atom. The Bertz CT molecular complexity index is 565. The van der Waals surface area contributed by atoms with Gasteiger partial charge < -0.3 is 19.5 Å². The number of nitrogens with zero attached hydrogens (tertiary/aromatic N) is 1. The number of amides is 1. The van der Waals surface area contributed by atoms with Gasteiger partial charge in [-0.2, -0.15) is 0 Å². The molecule has 0 aromatic heterocycles. The second-order valence-electron chi connectivity index (χ2n) is 6.12. The van der Waals surface area contributed by atoms with E-state index in [1.165, 1.54) is 0 Å². The number of carbonyl (C=O) groups is 2. The number of carboxylic acid groups (broad SMARTS) is 1.